The molecule has 1 N–H and O–H groups in total. The number of ether oxygens (including phenoxy) is 10. The zero-order chi connectivity index (χ0) is 49.0. The lowest BCUT2D eigenvalue weighted by Crippen LogP contribution is -2.63. The van der Waals surface area contributed by atoms with E-state index in [0.717, 1.165) is 38.9 Å². The monoisotopic (exact) mass is 972 g/mol. The van der Waals surface area contributed by atoms with E-state index in [0.29, 0.717) is 6.61 Å². The molecule has 0 radical (unpaired) electrons. The summed E-state index contributed by atoms with van der Waals surface area (Å²) >= 11 is 0. The van der Waals surface area contributed by atoms with Crippen molar-refractivity contribution in [1.82, 2.24) is 0 Å². The minimum Gasteiger partial charge on any atom is -0.374 e. The van der Waals surface area contributed by atoms with E-state index in [9.17, 15) is 5.11 Å². The molecule has 11 nitrogen and oxygen atoms in total. The first-order valence-electron chi connectivity index (χ1n) is 24.8. The van der Waals surface area contributed by atoms with Gasteiger partial charge in [0.1, 0.15) is 48.8 Å². The van der Waals surface area contributed by atoms with E-state index < -0.39 is 61.4 Å². The average Bonchev–Trinajstić information content (AvgIpc) is 3.44. The Balaban J connectivity index is 1.04. The van der Waals surface area contributed by atoms with Crippen LogP contribution in [0.25, 0.3) is 0 Å². The van der Waals surface area contributed by atoms with Crippen molar-refractivity contribution in [3.63, 3.8) is 0 Å². The van der Waals surface area contributed by atoms with Crippen LogP contribution in [0.1, 0.15) is 38.9 Å². The van der Waals surface area contributed by atoms with Crippen molar-refractivity contribution < 1.29 is 52.5 Å². The number of rotatable bonds is 25. The summed E-state index contributed by atoms with van der Waals surface area (Å²) in [6.07, 6.45) is -8.74. The molecule has 2 fully saturated rings. The Kier molecular flexibility index (Phi) is 19.3. The molecule has 0 amide bonds. The van der Waals surface area contributed by atoms with Crippen LogP contribution in [0.5, 0.6) is 0 Å². The van der Waals surface area contributed by atoms with Crippen molar-refractivity contribution in [3.05, 3.63) is 251 Å². The second kappa shape index (κ2) is 27.2. The van der Waals surface area contributed by atoms with E-state index in [1.54, 1.807) is 0 Å². The number of aliphatic hydroxyl groups excluding tert-OH is 1. The molecular formula is C61H64O11. The first-order chi connectivity index (χ1) is 35.6. The summed E-state index contributed by atoms with van der Waals surface area (Å²) in [4.78, 5) is 0. The largest absolute Gasteiger partial charge is 0.374 e. The van der Waals surface area contributed by atoms with E-state index in [1.165, 1.54) is 0 Å². The normalized spacial score (nSPS) is 24.2. The van der Waals surface area contributed by atoms with Crippen molar-refractivity contribution in [2.24, 2.45) is 0 Å². The third kappa shape index (κ3) is 14.8. The van der Waals surface area contributed by atoms with Gasteiger partial charge < -0.3 is 52.5 Å². The summed E-state index contributed by atoms with van der Waals surface area (Å²) in [7, 11) is 0. The zero-order valence-corrected chi connectivity index (χ0v) is 40.4. The Hall–Kier alpha value is -5.90. The van der Waals surface area contributed by atoms with Gasteiger partial charge in [-0.25, -0.2) is 0 Å². The molecule has 2 aliphatic rings. The average molecular weight is 973 g/mol. The van der Waals surface area contributed by atoms with E-state index in [1.807, 2.05) is 212 Å². The highest BCUT2D eigenvalue weighted by molar-refractivity contribution is 5.19. The summed E-state index contributed by atoms with van der Waals surface area (Å²) in [6, 6.07) is 69.7. The van der Waals surface area contributed by atoms with Gasteiger partial charge in [-0.15, -0.1) is 0 Å². The fourth-order valence-electron chi connectivity index (χ4n) is 8.97. The van der Waals surface area contributed by atoms with Crippen LogP contribution in [0.3, 0.4) is 0 Å². The Morgan fingerprint density at radius 2 is 0.556 bits per heavy atom. The maximum atomic E-state index is 12.0. The molecule has 0 aromatic heterocycles. The lowest BCUT2D eigenvalue weighted by Gasteiger charge is -2.47. The van der Waals surface area contributed by atoms with Gasteiger partial charge >= 0.3 is 0 Å². The number of benzene rings is 7. The molecule has 0 aliphatic carbocycles. The van der Waals surface area contributed by atoms with E-state index in [-0.39, 0.29) is 52.9 Å². The quantitative estimate of drug-likeness (QED) is 0.0591. The van der Waals surface area contributed by atoms with Gasteiger partial charge in [-0.1, -0.05) is 212 Å². The molecule has 7 aromatic carbocycles. The van der Waals surface area contributed by atoms with Crippen LogP contribution in [0, 0.1) is 0 Å². The van der Waals surface area contributed by atoms with Gasteiger partial charge in [0.25, 0.3) is 0 Å². The second-order valence-electron chi connectivity index (χ2n) is 18.0. The summed E-state index contributed by atoms with van der Waals surface area (Å²) in [6.45, 7) is 1.89. The predicted octanol–water partition coefficient (Wildman–Crippen LogP) is 10.2. The topological polar surface area (TPSA) is 113 Å². The van der Waals surface area contributed by atoms with Gasteiger partial charge in [0, 0.05) is 0 Å². The van der Waals surface area contributed by atoms with Gasteiger partial charge in [0.2, 0.25) is 0 Å². The fourth-order valence-corrected chi connectivity index (χ4v) is 8.97. The first-order valence-corrected chi connectivity index (χ1v) is 24.8. The number of aliphatic hydroxyl groups is 1. The Labute approximate surface area is 423 Å². The molecule has 2 heterocycles. The van der Waals surface area contributed by atoms with Gasteiger partial charge in [-0.2, -0.15) is 0 Å². The lowest BCUT2D eigenvalue weighted by molar-refractivity contribution is -0.349. The maximum absolute atomic E-state index is 12.0. The number of hydrogen-bond acceptors (Lipinski definition) is 11. The number of hydrogen-bond donors (Lipinski definition) is 1. The summed E-state index contributed by atoms with van der Waals surface area (Å²) in [5, 5.41) is 12.0. The van der Waals surface area contributed by atoms with E-state index in [2.05, 4.69) is 0 Å². The third-order valence-corrected chi connectivity index (χ3v) is 12.7. The van der Waals surface area contributed by atoms with Crippen molar-refractivity contribution in [2.75, 3.05) is 13.2 Å². The Morgan fingerprint density at radius 1 is 0.278 bits per heavy atom. The lowest BCUT2D eigenvalue weighted by atomic mass is 9.97. The fraction of sp³-hybridized carbons (Fsp3) is 0.311. The summed E-state index contributed by atoms with van der Waals surface area (Å²) in [5.41, 5.74) is 6.80. The molecule has 2 aliphatic heterocycles. The van der Waals surface area contributed by atoms with Gasteiger partial charge in [0.05, 0.1) is 59.5 Å². The highest BCUT2D eigenvalue weighted by Crippen LogP contribution is 2.34. The first kappa shape index (κ1) is 51.0. The Bertz CT molecular complexity index is 2550. The van der Waals surface area contributed by atoms with Crippen LogP contribution in [0.15, 0.2) is 212 Å². The van der Waals surface area contributed by atoms with Crippen LogP contribution in [0.2, 0.25) is 0 Å². The van der Waals surface area contributed by atoms with Crippen molar-refractivity contribution >= 4 is 0 Å². The minimum absolute atomic E-state index is 0.0957. The van der Waals surface area contributed by atoms with E-state index in [4.69, 9.17) is 47.4 Å². The van der Waals surface area contributed by atoms with Crippen molar-refractivity contribution in [3.8, 4) is 0 Å². The smallest absolute Gasteiger partial charge is 0.187 e. The molecule has 11 heteroatoms. The molecule has 9 rings (SSSR count). The molecule has 0 spiro atoms. The summed E-state index contributed by atoms with van der Waals surface area (Å²) < 4.78 is 67.9. The van der Waals surface area contributed by atoms with E-state index >= 15 is 0 Å². The maximum Gasteiger partial charge on any atom is 0.187 e. The standard InChI is InChI=1S/C61H64O11/c62-60-58(68-41-50-32-18-6-19-33-50)56(66-39-48-28-14-4-15-29-48)55(65-38-47-26-12-3-13-27-47)53(71-60)44-70-61-59(69-42-51-34-20-7-21-35-51)57(67-40-49-30-16-5-17-31-49)54(64-37-46-24-10-2-11-25-46)52(72-61)43-63-36-45-22-8-1-9-23-45/h1-35,52-62H,36-44H2/t52-,53-,54-,55-,56+,57+,58-,59-,60-,61+/m1/s1. The zero-order valence-electron chi connectivity index (χ0n) is 40.4. The molecule has 7 aromatic rings. The molecule has 0 saturated carbocycles. The molecular weight excluding hydrogens is 909 g/mol. The minimum atomic E-state index is -1.41. The van der Waals surface area contributed by atoms with Gasteiger partial charge in [0.15, 0.2) is 12.6 Å². The molecule has 2 saturated heterocycles. The molecule has 0 unspecified atom stereocenters. The summed E-state index contributed by atoms with van der Waals surface area (Å²) in [5.74, 6) is 0. The third-order valence-electron chi connectivity index (χ3n) is 12.7. The highest BCUT2D eigenvalue weighted by atomic mass is 16.7. The molecule has 72 heavy (non-hydrogen) atoms. The van der Waals surface area contributed by atoms with Crippen LogP contribution in [-0.4, -0.2) is 79.7 Å². The Morgan fingerprint density at radius 3 is 0.917 bits per heavy atom. The predicted molar refractivity (Wildman–Crippen MR) is 272 cm³/mol. The highest BCUT2D eigenvalue weighted by Gasteiger charge is 2.52. The molecule has 0 bridgehead atoms. The van der Waals surface area contributed by atoms with Crippen molar-refractivity contribution in [2.45, 2.75) is 108 Å². The SMILES string of the molecule is O[C@@H]1O[C@H](CO[C@H]2O[C@H](COCc3ccccc3)[C@@H](OCc3ccccc3)[C@H](OCc3ccccc3)[C@H]2OCc2ccccc2)[C@@H](OCc2ccccc2)[C@H](OCc2ccccc2)[C@H]1OCc1ccccc1. The van der Waals surface area contributed by atoms with Crippen LogP contribution in [-0.2, 0) is 93.6 Å². The van der Waals surface area contributed by atoms with Crippen LogP contribution < -0.4 is 0 Å². The van der Waals surface area contributed by atoms with Crippen LogP contribution in [0.4, 0.5) is 0 Å². The molecule has 374 valence electrons. The second-order valence-corrected chi connectivity index (χ2v) is 18.0. The van der Waals surface area contributed by atoms with Crippen LogP contribution >= 0.6 is 0 Å². The molecule has 10 atom stereocenters. The van der Waals surface area contributed by atoms with Crippen molar-refractivity contribution in [1.29, 1.82) is 0 Å². The van der Waals surface area contributed by atoms with Gasteiger partial charge in [-0.3, -0.25) is 0 Å². The van der Waals surface area contributed by atoms with Gasteiger partial charge in [-0.05, 0) is 38.9 Å².